The van der Waals surface area contributed by atoms with Gasteiger partial charge in [-0.2, -0.15) is 0 Å². The lowest BCUT2D eigenvalue weighted by atomic mass is 10.0. The monoisotopic (exact) mass is 374 g/mol. The molecule has 1 aliphatic rings. The van der Waals surface area contributed by atoms with Gasteiger partial charge in [0.25, 0.3) is 5.91 Å². The summed E-state index contributed by atoms with van der Waals surface area (Å²) in [5.74, 6) is 1.34. The zero-order valence-electron chi connectivity index (χ0n) is 16.2. The van der Waals surface area contributed by atoms with Crippen LogP contribution in [-0.4, -0.2) is 24.6 Å². The van der Waals surface area contributed by atoms with Crippen molar-refractivity contribution in [3.05, 3.63) is 70.9 Å². The van der Waals surface area contributed by atoms with E-state index in [9.17, 15) is 4.79 Å². The van der Waals surface area contributed by atoms with Gasteiger partial charge in [0.2, 0.25) is 0 Å². The average Bonchev–Trinajstić information content (AvgIpc) is 3.22. The van der Waals surface area contributed by atoms with Crippen LogP contribution in [0.2, 0.25) is 0 Å². The molecular weight excluding hydrogens is 352 g/mol. The number of rotatable bonds is 4. The maximum atomic E-state index is 13.1. The van der Waals surface area contributed by atoms with Gasteiger partial charge < -0.3 is 14.8 Å². The minimum absolute atomic E-state index is 0.178. The molecule has 0 saturated heterocycles. The lowest BCUT2D eigenvalue weighted by Crippen LogP contribution is -2.14. The van der Waals surface area contributed by atoms with Crippen molar-refractivity contribution in [3.8, 4) is 5.75 Å². The highest BCUT2D eigenvalue weighted by atomic mass is 16.5. The Morgan fingerprint density at radius 1 is 1.14 bits per heavy atom. The second-order valence-electron chi connectivity index (χ2n) is 6.92. The first-order chi connectivity index (χ1) is 13.5. The van der Waals surface area contributed by atoms with Crippen molar-refractivity contribution in [2.75, 3.05) is 19.0 Å². The normalized spacial score (nSPS) is 13.2. The molecule has 5 nitrogen and oxygen atoms in total. The zero-order chi connectivity index (χ0) is 19.7. The largest absolute Gasteiger partial charge is 0.496 e. The summed E-state index contributed by atoms with van der Waals surface area (Å²) in [6, 6.07) is 13.3. The SMILES string of the molecule is COc1ccc(NC(=O)c2cc(C3=CCCO3)nc3ccc(C)cc23)cc1C. The van der Waals surface area contributed by atoms with Crippen molar-refractivity contribution in [3.63, 3.8) is 0 Å². The van der Waals surface area contributed by atoms with Gasteiger partial charge in [0.1, 0.15) is 17.2 Å². The van der Waals surface area contributed by atoms with Gasteiger partial charge in [0, 0.05) is 17.5 Å². The molecule has 1 aromatic heterocycles. The van der Waals surface area contributed by atoms with E-state index in [2.05, 4.69) is 5.32 Å². The fraction of sp³-hybridized carbons (Fsp3) is 0.217. The van der Waals surface area contributed by atoms with Gasteiger partial charge >= 0.3 is 0 Å². The molecule has 0 radical (unpaired) electrons. The molecule has 2 heterocycles. The fourth-order valence-electron chi connectivity index (χ4n) is 3.40. The van der Waals surface area contributed by atoms with Crippen LogP contribution in [-0.2, 0) is 4.74 Å². The van der Waals surface area contributed by atoms with Crippen LogP contribution < -0.4 is 10.1 Å². The van der Waals surface area contributed by atoms with Gasteiger partial charge in [-0.3, -0.25) is 4.79 Å². The van der Waals surface area contributed by atoms with E-state index in [1.54, 1.807) is 7.11 Å². The minimum atomic E-state index is -0.178. The third kappa shape index (κ3) is 3.43. The van der Waals surface area contributed by atoms with E-state index < -0.39 is 0 Å². The van der Waals surface area contributed by atoms with Gasteiger partial charge in [0.05, 0.1) is 24.8 Å². The van der Waals surface area contributed by atoms with E-state index in [4.69, 9.17) is 14.5 Å². The Morgan fingerprint density at radius 2 is 2.00 bits per heavy atom. The van der Waals surface area contributed by atoms with E-state index in [1.165, 1.54) is 0 Å². The number of methoxy groups -OCH3 is 1. The second-order valence-corrected chi connectivity index (χ2v) is 6.92. The van der Waals surface area contributed by atoms with Gasteiger partial charge in [-0.25, -0.2) is 4.98 Å². The summed E-state index contributed by atoms with van der Waals surface area (Å²) < 4.78 is 11.0. The smallest absolute Gasteiger partial charge is 0.256 e. The number of hydrogen-bond donors (Lipinski definition) is 1. The number of fused-ring (bicyclic) bond motifs is 1. The molecule has 1 aliphatic heterocycles. The van der Waals surface area contributed by atoms with Crippen molar-refractivity contribution < 1.29 is 14.3 Å². The number of carbonyl (C=O) groups excluding carboxylic acids is 1. The van der Waals surface area contributed by atoms with Gasteiger partial charge in [-0.1, -0.05) is 11.6 Å². The highest BCUT2D eigenvalue weighted by molar-refractivity contribution is 6.13. The minimum Gasteiger partial charge on any atom is -0.496 e. The Kier molecular flexibility index (Phi) is 4.74. The zero-order valence-corrected chi connectivity index (χ0v) is 16.2. The Bertz CT molecular complexity index is 1100. The second kappa shape index (κ2) is 7.35. The van der Waals surface area contributed by atoms with Crippen LogP contribution in [0.4, 0.5) is 5.69 Å². The first kappa shape index (κ1) is 18.0. The maximum Gasteiger partial charge on any atom is 0.256 e. The van der Waals surface area contributed by atoms with E-state index >= 15 is 0 Å². The summed E-state index contributed by atoms with van der Waals surface area (Å²) in [6.07, 6.45) is 2.87. The number of anilines is 1. The quantitative estimate of drug-likeness (QED) is 0.707. The average molecular weight is 374 g/mol. The molecule has 1 amide bonds. The highest BCUT2D eigenvalue weighted by Crippen LogP contribution is 2.28. The van der Waals surface area contributed by atoms with Crippen LogP contribution in [0.25, 0.3) is 16.7 Å². The van der Waals surface area contributed by atoms with Crippen molar-refractivity contribution in [1.29, 1.82) is 0 Å². The lowest BCUT2D eigenvalue weighted by Gasteiger charge is -2.13. The lowest BCUT2D eigenvalue weighted by molar-refractivity contribution is 0.102. The molecule has 3 aromatic rings. The molecule has 0 saturated carbocycles. The molecule has 142 valence electrons. The molecule has 0 fully saturated rings. The molecule has 5 heteroatoms. The number of nitrogens with one attached hydrogen (secondary N) is 1. The first-order valence-electron chi connectivity index (χ1n) is 9.26. The summed E-state index contributed by atoms with van der Waals surface area (Å²) in [5.41, 5.74) is 4.79. The highest BCUT2D eigenvalue weighted by Gasteiger charge is 2.18. The molecule has 0 spiro atoms. The third-order valence-corrected chi connectivity index (χ3v) is 4.82. The number of ether oxygens (including phenoxy) is 2. The first-order valence-corrected chi connectivity index (χ1v) is 9.26. The van der Waals surface area contributed by atoms with E-state index in [1.807, 2.05) is 62.4 Å². The van der Waals surface area contributed by atoms with Crippen LogP contribution in [0.1, 0.15) is 33.6 Å². The third-order valence-electron chi connectivity index (χ3n) is 4.82. The molecule has 0 aliphatic carbocycles. The van der Waals surface area contributed by atoms with E-state index in [0.29, 0.717) is 17.9 Å². The van der Waals surface area contributed by atoms with Crippen LogP contribution in [0, 0.1) is 13.8 Å². The molecule has 0 bridgehead atoms. The van der Waals surface area contributed by atoms with Gasteiger partial charge in [0.15, 0.2) is 0 Å². The Morgan fingerprint density at radius 3 is 2.71 bits per heavy atom. The molecule has 0 unspecified atom stereocenters. The number of benzene rings is 2. The van der Waals surface area contributed by atoms with Crippen LogP contribution in [0.3, 0.4) is 0 Å². The van der Waals surface area contributed by atoms with Gasteiger partial charge in [-0.05, 0) is 61.9 Å². The van der Waals surface area contributed by atoms with Crippen molar-refractivity contribution in [2.45, 2.75) is 20.3 Å². The predicted molar refractivity (Wildman–Crippen MR) is 111 cm³/mol. The number of carbonyl (C=O) groups is 1. The molecule has 1 N–H and O–H groups in total. The standard InChI is InChI=1S/C23H22N2O3/c1-14-6-8-19-17(11-14)18(13-20(25-19)22-5-4-10-28-22)23(26)24-16-7-9-21(27-3)15(2)12-16/h5-9,11-13H,4,10H2,1-3H3,(H,24,26). The van der Waals surface area contributed by atoms with E-state index in [0.717, 1.165) is 45.6 Å². The van der Waals surface area contributed by atoms with Crippen molar-refractivity contribution in [1.82, 2.24) is 4.98 Å². The molecular formula is C23H22N2O3. The predicted octanol–water partition coefficient (Wildman–Crippen LogP) is 4.87. The summed E-state index contributed by atoms with van der Waals surface area (Å²) in [4.78, 5) is 17.8. The molecule has 4 rings (SSSR count). The maximum absolute atomic E-state index is 13.1. The van der Waals surface area contributed by atoms with Crippen molar-refractivity contribution >= 4 is 28.3 Å². The number of aryl methyl sites for hydroxylation is 2. The number of pyridine rings is 1. The molecule has 28 heavy (non-hydrogen) atoms. The Hall–Kier alpha value is -3.34. The number of nitrogens with zero attached hydrogens (tertiary/aromatic N) is 1. The summed E-state index contributed by atoms with van der Waals surface area (Å²) in [7, 11) is 1.63. The number of amides is 1. The van der Waals surface area contributed by atoms with Crippen LogP contribution in [0.5, 0.6) is 5.75 Å². The fourth-order valence-corrected chi connectivity index (χ4v) is 3.40. The number of hydrogen-bond acceptors (Lipinski definition) is 4. The van der Waals surface area contributed by atoms with Crippen LogP contribution in [0.15, 0.2) is 48.5 Å². The van der Waals surface area contributed by atoms with Crippen LogP contribution >= 0.6 is 0 Å². The summed E-state index contributed by atoms with van der Waals surface area (Å²) >= 11 is 0. The van der Waals surface area contributed by atoms with Crippen molar-refractivity contribution in [2.24, 2.45) is 0 Å². The topological polar surface area (TPSA) is 60.5 Å². The summed E-state index contributed by atoms with van der Waals surface area (Å²) in [5, 5.41) is 3.82. The molecule has 2 aromatic carbocycles. The molecule has 0 atom stereocenters. The Balaban J connectivity index is 1.76. The van der Waals surface area contributed by atoms with E-state index in [-0.39, 0.29) is 5.91 Å². The number of aromatic nitrogens is 1. The Labute approximate surface area is 164 Å². The summed E-state index contributed by atoms with van der Waals surface area (Å²) in [6.45, 7) is 4.60. The van der Waals surface area contributed by atoms with Gasteiger partial charge in [-0.15, -0.1) is 0 Å².